The van der Waals surface area contributed by atoms with Crippen LogP contribution in [-0.2, 0) is 0 Å². The molecule has 0 atom stereocenters. The summed E-state index contributed by atoms with van der Waals surface area (Å²) in [7, 11) is 0. The molecule has 0 radical (unpaired) electrons. The second-order valence-corrected chi connectivity index (χ2v) is 14.1. The Morgan fingerprint density at radius 2 is 0.804 bits per heavy atom. The number of fused-ring (bicyclic) bond motifs is 3. The van der Waals surface area contributed by atoms with E-state index in [1.54, 1.807) is 0 Å². The van der Waals surface area contributed by atoms with E-state index in [9.17, 15) is 0 Å². The van der Waals surface area contributed by atoms with Crippen LogP contribution in [0.2, 0.25) is 0 Å². The molecule has 0 aliphatic heterocycles. The molecule has 10 aromatic rings. The smallest absolute Gasteiger partial charge is 0.0562 e. The molecule has 0 aliphatic carbocycles. The SMILES string of the molecule is c1ccc(-c2ccc(N(c3ccc4c5c(-c6ccccc6-c6ccccc6)cccc5n(-c5ccccc5)c4c3)c3ccccc3-c3ccccc3)cc2)cc1. The summed E-state index contributed by atoms with van der Waals surface area (Å²) in [5.74, 6) is 0. The first kappa shape index (κ1) is 33.2. The van der Waals surface area contributed by atoms with E-state index in [1.165, 1.54) is 60.8 Å². The normalized spacial score (nSPS) is 11.2. The van der Waals surface area contributed by atoms with Crippen molar-refractivity contribution in [2.75, 3.05) is 4.90 Å². The molecule has 0 spiro atoms. The van der Waals surface area contributed by atoms with E-state index in [1.807, 2.05) is 0 Å². The molecule has 1 heterocycles. The maximum Gasteiger partial charge on any atom is 0.0562 e. The van der Waals surface area contributed by atoms with Gasteiger partial charge in [0.2, 0.25) is 0 Å². The minimum atomic E-state index is 1.08. The van der Waals surface area contributed by atoms with Crippen molar-refractivity contribution in [3.8, 4) is 50.2 Å². The van der Waals surface area contributed by atoms with Crippen LogP contribution < -0.4 is 4.90 Å². The topological polar surface area (TPSA) is 8.17 Å². The van der Waals surface area contributed by atoms with Gasteiger partial charge >= 0.3 is 0 Å². The summed E-state index contributed by atoms with van der Waals surface area (Å²) >= 11 is 0. The highest BCUT2D eigenvalue weighted by atomic mass is 15.1. The van der Waals surface area contributed by atoms with E-state index >= 15 is 0 Å². The minimum absolute atomic E-state index is 1.08. The van der Waals surface area contributed by atoms with Crippen LogP contribution in [0, 0.1) is 0 Å². The molecular formula is C54H38N2. The molecule has 56 heavy (non-hydrogen) atoms. The average molecular weight is 715 g/mol. The third-order valence-corrected chi connectivity index (χ3v) is 10.8. The molecule has 0 saturated carbocycles. The monoisotopic (exact) mass is 714 g/mol. The maximum absolute atomic E-state index is 2.43. The molecule has 0 N–H and O–H groups in total. The number of para-hydroxylation sites is 2. The van der Waals surface area contributed by atoms with Gasteiger partial charge in [0.15, 0.2) is 0 Å². The van der Waals surface area contributed by atoms with Crippen molar-refractivity contribution in [3.05, 3.63) is 231 Å². The van der Waals surface area contributed by atoms with Crippen LogP contribution in [0.15, 0.2) is 231 Å². The van der Waals surface area contributed by atoms with E-state index in [4.69, 9.17) is 0 Å². The average Bonchev–Trinajstić information content (AvgIpc) is 3.62. The molecule has 1 aromatic heterocycles. The highest BCUT2D eigenvalue weighted by Gasteiger charge is 2.22. The molecular weight excluding hydrogens is 677 g/mol. The summed E-state index contributed by atoms with van der Waals surface area (Å²) in [4.78, 5) is 2.41. The first-order valence-corrected chi connectivity index (χ1v) is 19.2. The van der Waals surface area contributed by atoms with E-state index in [0.29, 0.717) is 0 Å². The lowest BCUT2D eigenvalue weighted by Gasteiger charge is -2.28. The fraction of sp³-hybridized carbons (Fsp3) is 0. The summed E-state index contributed by atoms with van der Waals surface area (Å²) in [6.07, 6.45) is 0. The molecule has 0 amide bonds. The number of anilines is 3. The van der Waals surface area contributed by atoms with Gasteiger partial charge in [0.25, 0.3) is 0 Å². The van der Waals surface area contributed by atoms with Gasteiger partial charge in [0.1, 0.15) is 0 Å². The number of benzene rings is 9. The first-order chi connectivity index (χ1) is 27.8. The molecule has 0 fully saturated rings. The van der Waals surface area contributed by atoms with Crippen molar-refractivity contribution < 1.29 is 0 Å². The zero-order chi connectivity index (χ0) is 37.3. The lowest BCUT2D eigenvalue weighted by atomic mass is 9.92. The number of nitrogens with zero attached hydrogens (tertiary/aromatic N) is 2. The fourth-order valence-electron chi connectivity index (χ4n) is 8.25. The third kappa shape index (κ3) is 5.95. The quantitative estimate of drug-likeness (QED) is 0.152. The molecule has 2 nitrogen and oxygen atoms in total. The van der Waals surface area contributed by atoms with Crippen molar-refractivity contribution in [1.82, 2.24) is 4.57 Å². The Bertz CT molecular complexity index is 2930. The highest BCUT2D eigenvalue weighted by Crippen LogP contribution is 2.46. The van der Waals surface area contributed by atoms with Crippen LogP contribution >= 0.6 is 0 Å². The van der Waals surface area contributed by atoms with Crippen LogP contribution in [0.4, 0.5) is 17.1 Å². The Morgan fingerprint density at radius 1 is 0.304 bits per heavy atom. The standard InChI is InChI=1S/C54H38N2/c1-5-18-39(19-6-1)40-32-34-44(35-33-40)55(51-30-16-15-27-47(51)42-22-9-3-10-23-42)45-36-37-50-53(38-45)56(43-24-11-4-12-25-43)52-31-17-29-49(54(50)52)48-28-14-13-26-46(48)41-20-7-2-8-21-41/h1-38H. The van der Waals surface area contributed by atoms with Gasteiger partial charge in [-0.1, -0.05) is 182 Å². The van der Waals surface area contributed by atoms with Gasteiger partial charge in [-0.2, -0.15) is 0 Å². The maximum atomic E-state index is 2.43. The van der Waals surface area contributed by atoms with Gasteiger partial charge in [0, 0.05) is 33.4 Å². The lowest BCUT2D eigenvalue weighted by Crippen LogP contribution is -2.11. The predicted molar refractivity (Wildman–Crippen MR) is 237 cm³/mol. The third-order valence-electron chi connectivity index (χ3n) is 10.8. The molecule has 0 aliphatic rings. The van der Waals surface area contributed by atoms with Crippen molar-refractivity contribution in [3.63, 3.8) is 0 Å². The van der Waals surface area contributed by atoms with Gasteiger partial charge in [0.05, 0.1) is 16.7 Å². The molecule has 264 valence electrons. The molecule has 10 rings (SSSR count). The van der Waals surface area contributed by atoms with Crippen molar-refractivity contribution >= 4 is 38.9 Å². The Kier molecular flexibility index (Phi) is 8.55. The van der Waals surface area contributed by atoms with E-state index in [-0.39, 0.29) is 0 Å². The fourth-order valence-corrected chi connectivity index (χ4v) is 8.25. The first-order valence-electron chi connectivity index (χ1n) is 19.2. The minimum Gasteiger partial charge on any atom is -0.310 e. The zero-order valence-corrected chi connectivity index (χ0v) is 30.8. The summed E-state index contributed by atoms with van der Waals surface area (Å²) in [5.41, 5.74) is 16.3. The van der Waals surface area contributed by atoms with E-state index in [2.05, 4.69) is 240 Å². The number of hydrogen-bond donors (Lipinski definition) is 0. The largest absolute Gasteiger partial charge is 0.310 e. The number of rotatable bonds is 8. The van der Waals surface area contributed by atoms with Crippen molar-refractivity contribution in [2.45, 2.75) is 0 Å². The van der Waals surface area contributed by atoms with E-state index in [0.717, 1.165) is 28.3 Å². The van der Waals surface area contributed by atoms with Crippen LogP contribution in [0.5, 0.6) is 0 Å². The van der Waals surface area contributed by atoms with Crippen molar-refractivity contribution in [1.29, 1.82) is 0 Å². The Labute approximate surface area is 327 Å². The van der Waals surface area contributed by atoms with Gasteiger partial charge in [-0.05, 0) is 87.5 Å². The van der Waals surface area contributed by atoms with Gasteiger partial charge < -0.3 is 9.47 Å². The van der Waals surface area contributed by atoms with Crippen LogP contribution in [0.3, 0.4) is 0 Å². The summed E-state index contributed by atoms with van der Waals surface area (Å²) in [6, 6.07) is 83.0. The molecule has 0 bridgehead atoms. The number of hydrogen-bond acceptors (Lipinski definition) is 1. The molecule has 0 saturated heterocycles. The van der Waals surface area contributed by atoms with Gasteiger partial charge in [-0.3, -0.25) is 0 Å². The lowest BCUT2D eigenvalue weighted by molar-refractivity contribution is 1.18. The van der Waals surface area contributed by atoms with Crippen LogP contribution in [-0.4, -0.2) is 4.57 Å². The molecule has 2 heteroatoms. The van der Waals surface area contributed by atoms with Crippen LogP contribution in [0.1, 0.15) is 0 Å². The zero-order valence-electron chi connectivity index (χ0n) is 30.8. The number of aromatic nitrogens is 1. The Hall–Kier alpha value is -7.42. The highest BCUT2D eigenvalue weighted by molar-refractivity contribution is 6.17. The molecule has 9 aromatic carbocycles. The van der Waals surface area contributed by atoms with Crippen LogP contribution in [0.25, 0.3) is 72.0 Å². The van der Waals surface area contributed by atoms with Crippen molar-refractivity contribution in [2.24, 2.45) is 0 Å². The summed E-state index contributed by atoms with van der Waals surface area (Å²) in [6.45, 7) is 0. The second kappa shape index (κ2) is 14.4. The summed E-state index contributed by atoms with van der Waals surface area (Å²) in [5, 5.41) is 2.45. The second-order valence-electron chi connectivity index (χ2n) is 14.1. The van der Waals surface area contributed by atoms with E-state index < -0.39 is 0 Å². The van der Waals surface area contributed by atoms with Gasteiger partial charge in [-0.15, -0.1) is 0 Å². The van der Waals surface area contributed by atoms with Gasteiger partial charge in [-0.25, -0.2) is 0 Å². The predicted octanol–water partition coefficient (Wildman–Crippen LogP) is 14.9. The molecule has 0 unspecified atom stereocenters. The Balaban J connectivity index is 1.23. The Morgan fingerprint density at radius 3 is 1.48 bits per heavy atom. The summed E-state index contributed by atoms with van der Waals surface area (Å²) < 4.78 is 2.43.